The number of aromatic nitrogens is 2. The lowest BCUT2D eigenvalue weighted by Crippen LogP contribution is -2.38. The molecular weight excluding hydrogens is 328 g/mol. The Balaban J connectivity index is 1.72. The van der Waals surface area contributed by atoms with E-state index in [1.54, 1.807) is 4.90 Å². The van der Waals surface area contributed by atoms with E-state index in [4.69, 9.17) is 0 Å². The van der Waals surface area contributed by atoms with Crippen molar-refractivity contribution in [2.75, 3.05) is 13.1 Å². The van der Waals surface area contributed by atoms with E-state index in [1.165, 1.54) is 0 Å². The number of amides is 2. The first-order valence-corrected chi connectivity index (χ1v) is 9.38. The number of nitrogens with one attached hydrogen (secondary N) is 2. The first-order valence-electron chi connectivity index (χ1n) is 9.38. The molecule has 0 aliphatic carbocycles. The lowest BCUT2D eigenvalue weighted by Gasteiger charge is -2.23. The summed E-state index contributed by atoms with van der Waals surface area (Å²) in [5.41, 5.74) is 1.85. The Morgan fingerprint density at radius 1 is 1.31 bits per heavy atom. The second-order valence-corrected chi connectivity index (χ2v) is 7.96. The van der Waals surface area contributed by atoms with E-state index >= 15 is 0 Å². The smallest absolute Gasteiger partial charge is 0.226 e. The lowest BCUT2D eigenvalue weighted by molar-refractivity contribution is -0.129. The molecule has 1 aromatic heterocycles. The number of likely N-dealkylation sites (tertiary alicyclic amines) is 1. The maximum absolute atomic E-state index is 12.8. The Kier molecular flexibility index (Phi) is 5.30. The molecule has 140 valence electrons. The molecule has 0 radical (unpaired) electrons. The second kappa shape index (κ2) is 7.48. The summed E-state index contributed by atoms with van der Waals surface area (Å²) in [6, 6.07) is 7.63. The number of H-pyrrole nitrogens is 1. The van der Waals surface area contributed by atoms with Crippen LogP contribution in [0.25, 0.3) is 11.0 Å². The van der Waals surface area contributed by atoms with Gasteiger partial charge >= 0.3 is 0 Å². The van der Waals surface area contributed by atoms with E-state index in [2.05, 4.69) is 43.0 Å². The maximum atomic E-state index is 12.8. The van der Waals surface area contributed by atoms with Crippen molar-refractivity contribution in [2.24, 2.45) is 17.8 Å². The summed E-state index contributed by atoms with van der Waals surface area (Å²) in [7, 11) is 0. The number of carbonyl (C=O) groups excluding carboxylic acids is 2. The van der Waals surface area contributed by atoms with Crippen LogP contribution in [-0.4, -0.2) is 39.8 Å². The van der Waals surface area contributed by atoms with E-state index in [0.29, 0.717) is 25.4 Å². The highest BCUT2D eigenvalue weighted by Gasteiger charge is 2.36. The van der Waals surface area contributed by atoms with Crippen LogP contribution >= 0.6 is 0 Å². The molecule has 2 aromatic rings. The molecule has 0 saturated carbocycles. The van der Waals surface area contributed by atoms with Gasteiger partial charge in [0.25, 0.3) is 0 Å². The zero-order chi connectivity index (χ0) is 18.8. The molecule has 2 atom stereocenters. The highest BCUT2D eigenvalue weighted by Crippen LogP contribution is 2.25. The average molecular weight is 356 g/mol. The van der Waals surface area contributed by atoms with Crippen LogP contribution < -0.4 is 5.32 Å². The van der Waals surface area contributed by atoms with Gasteiger partial charge in [-0.25, -0.2) is 4.98 Å². The highest BCUT2D eigenvalue weighted by molar-refractivity contribution is 5.89. The van der Waals surface area contributed by atoms with Gasteiger partial charge in [-0.05, 0) is 24.0 Å². The zero-order valence-electron chi connectivity index (χ0n) is 16.0. The number of hydrogen-bond donors (Lipinski definition) is 2. The van der Waals surface area contributed by atoms with Gasteiger partial charge in [0.05, 0.1) is 23.0 Å². The number of carbonyl (C=O) groups is 2. The van der Waals surface area contributed by atoms with Crippen LogP contribution in [-0.2, 0) is 9.59 Å². The Hall–Kier alpha value is -2.37. The molecular formula is C20H28N4O2. The maximum Gasteiger partial charge on any atom is 0.226 e. The Labute approximate surface area is 154 Å². The van der Waals surface area contributed by atoms with E-state index < -0.39 is 0 Å². The predicted molar refractivity (Wildman–Crippen MR) is 101 cm³/mol. The Morgan fingerprint density at radius 3 is 2.69 bits per heavy atom. The molecule has 1 saturated heterocycles. The minimum Gasteiger partial charge on any atom is -0.346 e. The van der Waals surface area contributed by atoms with E-state index in [0.717, 1.165) is 16.9 Å². The molecule has 6 heteroatoms. The van der Waals surface area contributed by atoms with Crippen LogP contribution in [0.5, 0.6) is 0 Å². The van der Waals surface area contributed by atoms with Gasteiger partial charge in [0, 0.05) is 19.5 Å². The van der Waals surface area contributed by atoms with E-state index in [9.17, 15) is 9.59 Å². The van der Waals surface area contributed by atoms with Crippen molar-refractivity contribution >= 4 is 22.8 Å². The molecule has 0 unspecified atom stereocenters. The van der Waals surface area contributed by atoms with Crippen molar-refractivity contribution in [3.05, 3.63) is 30.1 Å². The van der Waals surface area contributed by atoms with Gasteiger partial charge in [-0.3, -0.25) is 9.59 Å². The fraction of sp³-hybridized carbons (Fsp3) is 0.550. The van der Waals surface area contributed by atoms with Crippen molar-refractivity contribution in [2.45, 2.75) is 40.2 Å². The number of nitrogens with zero attached hydrogens (tertiary/aromatic N) is 2. The van der Waals surface area contributed by atoms with Crippen LogP contribution in [0.3, 0.4) is 0 Å². The average Bonchev–Trinajstić information content (AvgIpc) is 3.15. The Bertz CT molecular complexity index is 763. The highest BCUT2D eigenvalue weighted by atomic mass is 16.2. The van der Waals surface area contributed by atoms with Crippen molar-refractivity contribution in [1.82, 2.24) is 20.2 Å². The van der Waals surface area contributed by atoms with Gasteiger partial charge in [-0.15, -0.1) is 0 Å². The predicted octanol–water partition coefficient (Wildman–Crippen LogP) is 2.88. The number of aromatic amines is 1. The van der Waals surface area contributed by atoms with Gasteiger partial charge in [-0.1, -0.05) is 39.8 Å². The number of fused-ring (bicyclic) bond motifs is 1. The van der Waals surface area contributed by atoms with Crippen LogP contribution in [0.1, 0.15) is 46.0 Å². The monoisotopic (exact) mass is 356 g/mol. The summed E-state index contributed by atoms with van der Waals surface area (Å²) < 4.78 is 0. The van der Waals surface area contributed by atoms with Gasteiger partial charge < -0.3 is 15.2 Å². The molecule has 3 rings (SSSR count). The fourth-order valence-electron chi connectivity index (χ4n) is 3.51. The standard InChI is InChI=1S/C20H28N4O2/c1-12(2)10-24-11-14(9-17(24)25)20(26)23-18(13(3)4)19-21-15-7-5-6-8-16(15)22-19/h5-8,12-14,18H,9-11H2,1-4H3,(H,21,22)(H,23,26)/t14-,18+/m1/s1. The Morgan fingerprint density at radius 2 is 2.04 bits per heavy atom. The van der Waals surface area contributed by atoms with Gasteiger partial charge in [-0.2, -0.15) is 0 Å². The van der Waals surface area contributed by atoms with E-state index in [1.807, 2.05) is 24.3 Å². The third-order valence-corrected chi connectivity index (χ3v) is 4.84. The minimum absolute atomic E-state index is 0.0660. The summed E-state index contributed by atoms with van der Waals surface area (Å²) in [4.78, 5) is 34.7. The molecule has 0 spiro atoms. The molecule has 2 heterocycles. The number of rotatable bonds is 6. The van der Waals surface area contributed by atoms with Crippen molar-refractivity contribution in [3.63, 3.8) is 0 Å². The summed E-state index contributed by atoms with van der Waals surface area (Å²) in [5, 5.41) is 3.12. The van der Waals surface area contributed by atoms with Crippen molar-refractivity contribution in [1.29, 1.82) is 0 Å². The largest absolute Gasteiger partial charge is 0.346 e. The first-order chi connectivity index (χ1) is 12.3. The molecule has 1 aliphatic heterocycles. The second-order valence-electron chi connectivity index (χ2n) is 7.96. The quantitative estimate of drug-likeness (QED) is 0.835. The molecule has 6 nitrogen and oxygen atoms in total. The SMILES string of the molecule is CC(C)CN1C[C@H](C(=O)N[C@H](c2nc3ccccc3[nH]2)C(C)C)CC1=O. The third-order valence-electron chi connectivity index (χ3n) is 4.84. The molecule has 2 N–H and O–H groups in total. The third kappa shape index (κ3) is 3.89. The summed E-state index contributed by atoms with van der Waals surface area (Å²) in [5.74, 6) is 1.07. The number of hydrogen-bond acceptors (Lipinski definition) is 3. The topological polar surface area (TPSA) is 78.1 Å². The van der Waals surface area contributed by atoms with Crippen LogP contribution in [0.4, 0.5) is 0 Å². The van der Waals surface area contributed by atoms with Gasteiger partial charge in [0.1, 0.15) is 5.82 Å². The molecule has 2 amide bonds. The zero-order valence-corrected chi connectivity index (χ0v) is 16.0. The van der Waals surface area contributed by atoms with Crippen molar-refractivity contribution < 1.29 is 9.59 Å². The fourth-order valence-corrected chi connectivity index (χ4v) is 3.51. The first kappa shape index (κ1) is 18.4. The number of benzene rings is 1. The minimum atomic E-state index is -0.285. The molecule has 1 fully saturated rings. The molecule has 26 heavy (non-hydrogen) atoms. The van der Waals surface area contributed by atoms with Crippen LogP contribution in [0, 0.1) is 17.8 Å². The molecule has 0 bridgehead atoms. The van der Waals surface area contributed by atoms with Gasteiger partial charge in [0.15, 0.2) is 0 Å². The van der Waals surface area contributed by atoms with Crippen LogP contribution in [0.2, 0.25) is 0 Å². The summed E-state index contributed by atoms with van der Waals surface area (Å²) in [6.45, 7) is 9.49. The van der Waals surface area contributed by atoms with Crippen molar-refractivity contribution in [3.8, 4) is 0 Å². The summed E-state index contributed by atoms with van der Waals surface area (Å²) in [6.07, 6.45) is 0.295. The van der Waals surface area contributed by atoms with Crippen LogP contribution in [0.15, 0.2) is 24.3 Å². The lowest BCUT2D eigenvalue weighted by atomic mass is 10.0. The van der Waals surface area contributed by atoms with Gasteiger partial charge in [0.2, 0.25) is 11.8 Å². The van der Waals surface area contributed by atoms with E-state index in [-0.39, 0.29) is 29.7 Å². The normalized spacial score (nSPS) is 18.9. The number of imidazole rings is 1. The molecule has 1 aliphatic rings. The summed E-state index contributed by atoms with van der Waals surface area (Å²) >= 11 is 0. The number of para-hydroxylation sites is 2. The molecule has 1 aromatic carbocycles.